The molecular formula is C16H22ClFN2O2. The van der Waals surface area contributed by atoms with Crippen molar-refractivity contribution in [1.29, 1.82) is 0 Å². The highest BCUT2D eigenvalue weighted by molar-refractivity contribution is 6.32. The summed E-state index contributed by atoms with van der Waals surface area (Å²) < 4.78 is 18.3. The summed E-state index contributed by atoms with van der Waals surface area (Å²) in [5.41, 5.74) is 0. The van der Waals surface area contributed by atoms with Crippen molar-refractivity contribution in [2.24, 2.45) is 5.92 Å². The van der Waals surface area contributed by atoms with Crippen LogP contribution in [0.15, 0.2) is 18.2 Å². The van der Waals surface area contributed by atoms with Crippen molar-refractivity contribution >= 4 is 17.5 Å². The number of ether oxygens (including phenoxy) is 1. The van der Waals surface area contributed by atoms with Crippen molar-refractivity contribution in [3.8, 4) is 5.75 Å². The highest BCUT2D eigenvalue weighted by atomic mass is 35.5. The second-order valence-electron chi connectivity index (χ2n) is 5.58. The molecule has 1 aliphatic heterocycles. The molecule has 1 aromatic carbocycles. The van der Waals surface area contributed by atoms with Crippen LogP contribution >= 0.6 is 11.6 Å². The number of amides is 1. The predicted molar refractivity (Wildman–Crippen MR) is 84.8 cm³/mol. The number of nitrogens with zero attached hydrogens (tertiary/aromatic N) is 1. The predicted octanol–water partition coefficient (Wildman–Crippen LogP) is 2.71. The molecule has 0 atom stereocenters. The minimum Gasteiger partial charge on any atom is -0.482 e. The van der Waals surface area contributed by atoms with Crippen LogP contribution in [0, 0.1) is 11.7 Å². The van der Waals surface area contributed by atoms with Gasteiger partial charge < -0.3 is 15.0 Å². The number of hydrogen-bond acceptors (Lipinski definition) is 3. The van der Waals surface area contributed by atoms with Crippen molar-refractivity contribution in [2.75, 3.05) is 33.3 Å². The van der Waals surface area contributed by atoms with E-state index >= 15 is 0 Å². The Morgan fingerprint density at radius 3 is 2.82 bits per heavy atom. The van der Waals surface area contributed by atoms with E-state index in [0.29, 0.717) is 11.7 Å². The number of benzene rings is 1. The van der Waals surface area contributed by atoms with Crippen molar-refractivity contribution in [3.63, 3.8) is 0 Å². The summed E-state index contributed by atoms with van der Waals surface area (Å²) in [6.45, 7) is 2.50. The molecule has 6 heteroatoms. The molecule has 0 unspecified atom stereocenters. The highest BCUT2D eigenvalue weighted by Gasteiger charge is 2.22. The van der Waals surface area contributed by atoms with Gasteiger partial charge >= 0.3 is 0 Å². The van der Waals surface area contributed by atoms with Crippen molar-refractivity contribution in [3.05, 3.63) is 29.0 Å². The van der Waals surface area contributed by atoms with Crippen LogP contribution in [0.5, 0.6) is 5.75 Å². The zero-order chi connectivity index (χ0) is 15.9. The van der Waals surface area contributed by atoms with E-state index in [2.05, 4.69) is 5.32 Å². The van der Waals surface area contributed by atoms with E-state index in [-0.39, 0.29) is 17.5 Å². The Morgan fingerprint density at radius 1 is 1.45 bits per heavy atom. The smallest absolute Gasteiger partial charge is 0.260 e. The number of likely N-dealkylation sites (tertiary alicyclic amines) is 1. The second kappa shape index (κ2) is 8.34. The first-order valence-corrected chi connectivity index (χ1v) is 7.98. The molecule has 1 aliphatic rings. The van der Waals surface area contributed by atoms with Crippen LogP contribution in [0.25, 0.3) is 0 Å². The first-order valence-electron chi connectivity index (χ1n) is 7.60. The number of nitrogens with one attached hydrogen (secondary N) is 1. The van der Waals surface area contributed by atoms with E-state index in [1.54, 1.807) is 0 Å². The van der Waals surface area contributed by atoms with Gasteiger partial charge in [-0.2, -0.15) is 0 Å². The normalized spacial score (nSPS) is 15.9. The third-order valence-electron chi connectivity index (χ3n) is 4.01. The van der Waals surface area contributed by atoms with Gasteiger partial charge in [0.2, 0.25) is 0 Å². The number of carbonyl (C=O) groups excluding carboxylic acids is 1. The molecular weight excluding hydrogens is 307 g/mol. The lowest BCUT2D eigenvalue weighted by atomic mass is 9.93. The molecule has 1 N–H and O–H groups in total. The summed E-state index contributed by atoms with van der Waals surface area (Å²) in [5.74, 6) is 0.545. The summed E-state index contributed by atoms with van der Waals surface area (Å²) in [6, 6.07) is 3.88. The standard InChI is InChI=1S/C16H22ClFN2O2/c1-19-7-4-12-5-8-20(9-6-12)16(21)11-22-15-3-2-13(18)10-14(15)17/h2-3,10,12,19H,4-9,11H2,1H3. The van der Waals surface area contributed by atoms with E-state index in [1.807, 2.05) is 11.9 Å². The molecule has 2 rings (SSSR count). The summed E-state index contributed by atoms with van der Waals surface area (Å²) in [6.07, 6.45) is 3.22. The van der Waals surface area contributed by atoms with Gasteiger partial charge in [0.05, 0.1) is 5.02 Å². The molecule has 22 heavy (non-hydrogen) atoms. The fourth-order valence-electron chi connectivity index (χ4n) is 2.64. The van der Waals surface area contributed by atoms with Crippen molar-refractivity contribution in [1.82, 2.24) is 10.2 Å². The summed E-state index contributed by atoms with van der Waals surface area (Å²) in [7, 11) is 1.95. The van der Waals surface area contributed by atoms with Crippen LogP contribution in [0.4, 0.5) is 4.39 Å². The Balaban J connectivity index is 1.76. The quantitative estimate of drug-likeness (QED) is 0.873. The van der Waals surface area contributed by atoms with Crippen molar-refractivity contribution in [2.45, 2.75) is 19.3 Å². The monoisotopic (exact) mass is 328 g/mol. The topological polar surface area (TPSA) is 41.6 Å². The van der Waals surface area contributed by atoms with E-state index in [0.717, 1.165) is 38.9 Å². The molecule has 0 saturated carbocycles. The minimum atomic E-state index is -0.424. The van der Waals surface area contributed by atoms with Gasteiger partial charge in [-0.15, -0.1) is 0 Å². The maximum atomic E-state index is 12.9. The summed E-state index contributed by atoms with van der Waals surface area (Å²) >= 11 is 5.87. The Kier molecular flexibility index (Phi) is 6.46. The van der Waals surface area contributed by atoms with E-state index in [4.69, 9.17) is 16.3 Å². The molecule has 1 fully saturated rings. The van der Waals surface area contributed by atoms with Crippen LogP contribution in [-0.4, -0.2) is 44.1 Å². The molecule has 1 amide bonds. The fraction of sp³-hybridized carbons (Fsp3) is 0.562. The number of hydrogen-bond donors (Lipinski definition) is 1. The SMILES string of the molecule is CNCCC1CCN(C(=O)COc2ccc(F)cc2Cl)CC1. The van der Waals surface area contributed by atoms with E-state index in [9.17, 15) is 9.18 Å². The first kappa shape index (κ1) is 17.0. The van der Waals surface area contributed by atoms with Crippen LogP contribution in [-0.2, 0) is 4.79 Å². The highest BCUT2D eigenvalue weighted by Crippen LogP contribution is 2.25. The number of carbonyl (C=O) groups is 1. The largest absolute Gasteiger partial charge is 0.482 e. The fourth-order valence-corrected chi connectivity index (χ4v) is 2.86. The Morgan fingerprint density at radius 2 is 2.18 bits per heavy atom. The van der Waals surface area contributed by atoms with Gasteiger partial charge in [0, 0.05) is 13.1 Å². The lowest BCUT2D eigenvalue weighted by Gasteiger charge is -2.32. The zero-order valence-corrected chi connectivity index (χ0v) is 13.5. The Hall–Kier alpha value is -1.33. The van der Waals surface area contributed by atoms with Gasteiger partial charge in [-0.25, -0.2) is 4.39 Å². The number of rotatable bonds is 6. The van der Waals surface area contributed by atoms with Crippen LogP contribution in [0.3, 0.4) is 0 Å². The van der Waals surface area contributed by atoms with Crippen molar-refractivity contribution < 1.29 is 13.9 Å². The molecule has 1 heterocycles. The molecule has 4 nitrogen and oxygen atoms in total. The summed E-state index contributed by atoms with van der Waals surface area (Å²) in [4.78, 5) is 14.0. The Bertz CT molecular complexity index is 505. The number of halogens is 2. The third-order valence-corrected chi connectivity index (χ3v) is 4.31. The molecule has 0 spiro atoms. The van der Waals surface area contributed by atoms with Gasteiger partial charge in [-0.3, -0.25) is 4.79 Å². The minimum absolute atomic E-state index is 0.0486. The average molecular weight is 329 g/mol. The maximum Gasteiger partial charge on any atom is 0.260 e. The van der Waals surface area contributed by atoms with Gasteiger partial charge in [-0.1, -0.05) is 11.6 Å². The second-order valence-corrected chi connectivity index (χ2v) is 5.99. The average Bonchev–Trinajstić information content (AvgIpc) is 2.52. The van der Waals surface area contributed by atoms with Gasteiger partial charge in [0.25, 0.3) is 5.91 Å². The van der Waals surface area contributed by atoms with Gasteiger partial charge in [0.15, 0.2) is 6.61 Å². The molecule has 0 aliphatic carbocycles. The molecule has 0 aromatic heterocycles. The Labute approximate surface area is 135 Å². The summed E-state index contributed by atoms with van der Waals surface area (Å²) in [5, 5.41) is 3.34. The molecule has 0 radical (unpaired) electrons. The first-order chi connectivity index (χ1) is 10.6. The van der Waals surface area contributed by atoms with E-state index in [1.165, 1.54) is 18.2 Å². The van der Waals surface area contributed by atoms with E-state index < -0.39 is 5.82 Å². The molecule has 122 valence electrons. The van der Waals surface area contributed by atoms with Gasteiger partial charge in [-0.05, 0) is 57.0 Å². The van der Waals surface area contributed by atoms with Gasteiger partial charge in [0.1, 0.15) is 11.6 Å². The zero-order valence-electron chi connectivity index (χ0n) is 12.8. The third kappa shape index (κ3) is 4.85. The molecule has 1 aromatic rings. The molecule has 1 saturated heterocycles. The van der Waals surface area contributed by atoms with Crippen LogP contribution in [0.1, 0.15) is 19.3 Å². The maximum absolute atomic E-state index is 12.9. The van der Waals surface area contributed by atoms with Crippen LogP contribution < -0.4 is 10.1 Å². The number of piperidine rings is 1. The molecule has 0 bridgehead atoms. The lowest BCUT2D eigenvalue weighted by Crippen LogP contribution is -2.41. The van der Waals surface area contributed by atoms with Crippen LogP contribution in [0.2, 0.25) is 5.02 Å². The lowest BCUT2D eigenvalue weighted by molar-refractivity contribution is -0.134.